The van der Waals surface area contributed by atoms with Crippen LogP contribution in [0.4, 0.5) is 5.82 Å². The van der Waals surface area contributed by atoms with Crippen LogP contribution in [0.15, 0.2) is 18.3 Å². The minimum Gasteiger partial charge on any atom is -0.391 e. The Hall–Kier alpha value is -1.95. The van der Waals surface area contributed by atoms with Gasteiger partial charge < -0.3 is 14.9 Å². The number of aromatic nitrogens is 1. The molecule has 2 fully saturated rings. The van der Waals surface area contributed by atoms with Gasteiger partial charge >= 0.3 is 0 Å². The third kappa shape index (κ3) is 3.43. The first-order chi connectivity index (χ1) is 11.4. The van der Waals surface area contributed by atoms with Crippen LogP contribution in [0.5, 0.6) is 0 Å². The second-order valence-electron chi connectivity index (χ2n) is 7.21. The number of hydrogen-bond acceptors (Lipinski definition) is 5. The molecule has 0 aromatic carbocycles. The van der Waals surface area contributed by atoms with E-state index in [1.54, 1.807) is 18.0 Å². The standard InChI is InChI=1S/C18H25N3O3/c1-13(22)15-3-4-17(19-10-15)20-7-5-18(6-8-20)9-16(24)11-21(12-18)14(2)23/h3-4,10,16,24H,5-9,11-12H2,1-2H3. The predicted molar refractivity (Wildman–Crippen MR) is 91.0 cm³/mol. The third-order valence-corrected chi connectivity index (χ3v) is 5.37. The molecule has 3 heterocycles. The van der Waals surface area contributed by atoms with E-state index < -0.39 is 6.10 Å². The number of aliphatic hydroxyl groups excluding tert-OH is 1. The van der Waals surface area contributed by atoms with E-state index in [-0.39, 0.29) is 17.1 Å². The van der Waals surface area contributed by atoms with E-state index in [2.05, 4.69) is 9.88 Å². The van der Waals surface area contributed by atoms with E-state index in [4.69, 9.17) is 0 Å². The molecule has 2 saturated heterocycles. The van der Waals surface area contributed by atoms with Crippen molar-refractivity contribution in [2.45, 2.75) is 39.2 Å². The van der Waals surface area contributed by atoms with Gasteiger partial charge in [0.15, 0.2) is 5.78 Å². The van der Waals surface area contributed by atoms with Gasteiger partial charge in [-0.15, -0.1) is 0 Å². The maximum atomic E-state index is 11.7. The molecule has 2 aliphatic heterocycles. The lowest BCUT2D eigenvalue weighted by atomic mass is 9.71. The molecule has 6 nitrogen and oxygen atoms in total. The number of Topliss-reactive ketones (excluding diaryl/α,β-unsaturated/α-hetero) is 1. The molecule has 1 atom stereocenters. The Balaban J connectivity index is 1.66. The highest BCUT2D eigenvalue weighted by atomic mass is 16.3. The summed E-state index contributed by atoms with van der Waals surface area (Å²) >= 11 is 0. The van der Waals surface area contributed by atoms with E-state index in [1.165, 1.54) is 6.92 Å². The fourth-order valence-corrected chi connectivity index (χ4v) is 3.95. The highest BCUT2D eigenvalue weighted by Gasteiger charge is 2.42. The zero-order valence-corrected chi connectivity index (χ0v) is 14.4. The Kier molecular flexibility index (Phi) is 4.58. The van der Waals surface area contributed by atoms with Crippen molar-refractivity contribution >= 4 is 17.5 Å². The maximum absolute atomic E-state index is 11.7. The van der Waals surface area contributed by atoms with Crippen LogP contribution >= 0.6 is 0 Å². The average Bonchev–Trinajstić information content (AvgIpc) is 2.55. The number of amides is 1. The second-order valence-corrected chi connectivity index (χ2v) is 7.21. The third-order valence-electron chi connectivity index (χ3n) is 5.37. The highest BCUT2D eigenvalue weighted by molar-refractivity contribution is 5.93. The molecule has 130 valence electrons. The molecule has 2 aliphatic rings. The summed E-state index contributed by atoms with van der Waals surface area (Å²) in [5.74, 6) is 0.943. The smallest absolute Gasteiger partial charge is 0.219 e. The molecular weight excluding hydrogens is 306 g/mol. The van der Waals surface area contributed by atoms with Gasteiger partial charge in [-0.3, -0.25) is 9.59 Å². The molecule has 1 unspecified atom stereocenters. The highest BCUT2D eigenvalue weighted by Crippen LogP contribution is 2.40. The van der Waals surface area contributed by atoms with Crippen LogP contribution in [0.2, 0.25) is 0 Å². The molecule has 1 spiro atoms. The second kappa shape index (κ2) is 6.51. The predicted octanol–water partition coefficient (Wildman–Crippen LogP) is 1.48. The number of β-amino-alcohol motifs (C(OH)–C–C–N with tert-alkyl or cyclic N) is 1. The Labute approximate surface area is 142 Å². The summed E-state index contributed by atoms with van der Waals surface area (Å²) < 4.78 is 0. The summed E-state index contributed by atoms with van der Waals surface area (Å²) in [6, 6.07) is 3.71. The molecule has 6 heteroatoms. The average molecular weight is 331 g/mol. The van der Waals surface area contributed by atoms with Crippen LogP contribution in [0.3, 0.4) is 0 Å². The number of nitrogens with zero attached hydrogens (tertiary/aromatic N) is 3. The molecular formula is C18H25N3O3. The Morgan fingerprint density at radius 2 is 1.96 bits per heavy atom. The molecule has 1 aromatic rings. The minimum absolute atomic E-state index is 0.0131. The van der Waals surface area contributed by atoms with Gasteiger partial charge in [-0.1, -0.05) is 0 Å². The largest absolute Gasteiger partial charge is 0.391 e. The van der Waals surface area contributed by atoms with Crippen LogP contribution in [0.1, 0.15) is 43.5 Å². The van der Waals surface area contributed by atoms with Gasteiger partial charge in [0.1, 0.15) is 5.82 Å². The van der Waals surface area contributed by atoms with Gasteiger partial charge in [0, 0.05) is 44.9 Å². The number of aliphatic hydroxyl groups is 1. The van der Waals surface area contributed by atoms with Crippen molar-refractivity contribution in [1.29, 1.82) is 0 Å². The van der Waals surface area contributed by atoms with Crippen LogP contribution in [0.25, 0.3) is 0 Å². The van der Waals surface area contributed by atoms with E-state index in [0.717, 1.165) is 44.7 Å². The Morgan fingerprint density at radius 3 is 2.50 bits per heavy atom. The molecule has 1 aromatic heterocycles. The lowest BCUT2D eigenvalue weighted by Gasteiger charge is -2.49. The number of pyridine rings is 1. The summed E-state index contributed by atoms with van der Waals surface area (Å²) in [7, 11) is 0. The van der Waals surface area contributed by atoms with Crippen molar-refractivity contribution < 1.29 is 14.7 Å². The van der Waals surface area contributed by atoms with E-state index >= 15 is 0 Å². The summed E-state index contributed by atoms with van der Waals surface area (Å²) in [5.41, 5.74) is 0.638. The molecule has 1 amide bonds. The fourth-order valence-electron chi connectivity index (χ4n) is 3.95. The number of ketones is 1. The topological polar surface area (TPSA) is 73.7 Å². The van der Waals surface area contributed by atoms with Crippen molar-refractivity contribution in [2.24, 2.45) is 5.41 Å². The van der Waals surface area contributed by atoms with Crippen LogP contribution < -0.4 is 4.90 Å². The van der Waals surface area contributed by atoms with Gasteiger partial charge in [0.05, 0.1) is 6.10 Å². The van der Waals surface area contributed by atoms with E-state index in [1.807, 2.05) is 12.1 Å². The van der Waals surface area contributed by atoms with Crippen LogP contribution in [0, 0.1) is 5.41 Å². The van der Waals surface area contributed by atoms with Crippen molar-refractivity contribution in [2.75, 3.05) is 31.1 Å². The summed E-state index contributed by atoms with van der Waals surface area (Å²) in [6.45, 7) is 6.01. The van der Waals surface area contributed by atoms with Crippen molar-refractivity contribution in [3.05, 3.63) is 23.9 Å². The SMILES string of the molecule is CC(=O)c1ccc(N2CCC3(CC2)CC(O)CN(C(C)=O)C3)nc1. The minimum atomic E-state index is -0.429. The number of hydrogen-bond donors (Lipinski definition) is 1. The van der Waals surface area contributed by atoms with Crippen molar-refractivity contribution in [1.82, 2.24) is 9.88 Å². The lowest BCUT2D eigenvalue weighted by Crippen LogP contribution is -2.55. The number of carbonyl (C=O) groups excluding carboxylic acids is 2. The van der Waals surface area contributed by atoms with E-state index in [9.17, 15) is 14.7 Å². The molecule has 24 heavy (non-hydrogen) atoms. The van der Waals surface area contributed by atoms with Crippen molar-refractivity contribution in [3.8, 4) is 0 Å². The summed E-state index contributed by atoms with van der Waals surface area (Å²) in [4.78, 5) is 31.5. The Bertz CT molecular complexity index is 621. The first kappa shape index (κ1) is 16.9. The summed E-state index contributed by atoms with van der Waals surface area (Å²) in [6.07, 6.45) is 3.83. The number of piperidine rings is 2. The number of carbonyl (C=O) groups is 2. The Morgan fingerprint density at radius 1 is 1.25 bits per heavy atom. The van der Waals surface area contributed by atoms with Crippen LogP contribution in [-0.2, 0) is 4.79 Å². The van der Waals surface area contributed by atoms with Gasteiger partial charge in [-0.25, -0.2) is 4.98 Å². The molecule has 0 bridgehead atoms. The maximum Gasteiger partial charge on any atom is 0.219 e. The monoisotopic (exact) mass is 331 g/mol. The van der Waals surface area contributed by atoms with Crippen molar-refractivity contribution in [3.63, 3.8) is 0 Å². The first-order valence-corrected chi connectivity index (χ1v) is 8.54. The fraction of sp³-hybridized carbons (Fsp3) is 0.611. The van der Waals surface area contributed by atoms with Gasteiger partial charge in [-0.2, -0.15) is 0 Å². The number of likely N-dealkylation sites (tertiary alicyclic amines) is 1. The van der Waals surface area contributed by atoms with Gasteiger partial charge in [0.2, 0.25) is 5.91 Å². The molecule has 0 saturated carbocycles. The van der Waals surface area contributed by atoms with Crippen LogP contribution in [-0.4, -0.2) is 59.0 Å². The van der Waals surface area contributed by atoms with Gasteiger partial charge in [0.25, 0.3) is 0 Å². The zero-order chi connectivity index (χ0) is 17.3. The number of rotatable bonds is 2. The van der Waals surface area contributed by atoms with Gasteiger partial charge in [-0.05, 0) is 43.7 Å². The quantitative estimate of drug-likeness (QED) is 0.831. The molecule has 0 radical (unpaired) electrons. The lowest BCUT2D eigenvalue weighted by molar-refractivity contribution is -0.137. The van der Waals surface area contributed by atoms with E-state index in [0.29, 0.717) is 12.1 Å². The molecule has 0 aliphatic carbocycles. The first-order valence-electron chi connectivity index (χ1n) is 8.54. The zero-order valence-electron chi connectivity index (χ0n) is 14.4. The summed E-state index contributed by atoms with van der Waals surface area (Å²) in [5, 5.41) is 10.2. The molecule has 3 rings (SSSR count). The normalized spacial score (nSPS) is 23.4. The molecule has 1 N–H and O–H groups in total. The number of anilines is 1.